The summed E-state index contributed by atoms with van der Waals surface area (Å²) in [5, 5.41) is 2.21. The Kier molecular flexibility index (Phi) is 4.23. The maximum Gasteiger partial charge on any atom is 0.137 e. The van der Waals surface area contributed by atoms with Gasteiger partial charge in [-0.15, -0.1) is 0 Å². The molecule has 0 saturated carbocycles. The van der Waals surface area contributed by atoms with Gasteiger partial charge in [0.25, 0.3) is 0 Å². The van der Waals surface area contributed by atoms with E-state index >= 15 is 0 Å². The number of hydrogen-bond donors (Lipinski definition) is 0. The van der Waals surface area contributed by atoms with E-state index < -0.39 is 0 Å². The van der Waals surface area contributed by atoms with Gasteiger partial charge in [0, 0.05) is 45.0 Å². The summed E-state index contributed by atoms with van der Waals surface area (Å²) >= 11 is 0. The molecule has 0 saturated heterocycles. The molecule has 0 unspecified atom stereocenters. The molecule has 3 heteroatoms. The van der Waals surface area contributed by atoms with Crippen LogP contribution in [0.4, 0.5) is 17.1 Å². The van der Waals surface area contributed by atoms with E-state index in [4.69, 9.17) is 9.47 Å². The average Bonchev–Trinajstić information content (AvgIpc) is 2.96. The lowest BCUT2D eigenvalue weighted by molar-refractivity contribution is 0.480. The zero-order valence-electron chi connectivity index (χ0n) is 19.9. The maximum atomic E-state index is 6.60. The Morgan fingerprint density at radius 1 is 0.351 bits per heavy atom. The van der Waals surface area contributed by atoms with Gasteiger partial charge in [-0.1, -0.05) is 54.6 Å². The van der Waals surface area contributed by atoms with Crippen LogP contribution in [0.15, 0.2) is 127 Å². The SMILES string of the molecule is c1ccc(N(c2ccccc2)c2ccc3c(c2)Oc2ccc4c5c(ccc-3c25)Oc2ccccc2-4)cc1. The number of rotatable bonds is 3. The molecule has 174 valence electrons. The fourth-order valence-corrected chi connectivity index (χ4v) is 5.63. The van der Waals surface area contributed by atoms with Crippen LogP contribution in [0, 0.1) is 0 Å². The van der Waals surface area contributed by atoms with Gasteiger partial charge in [0.05, 0.1) is 0 Å². The minimum atomic E-state index is 0.849. The van der Waals surface area contributed by atoms with Crippen LogP contribution in [0.25, 0.3) is 33.0 Å². The Morgan fingerprint density at radius 3 is 1.51 bits per heavy atom. The summed E-state index contributed by atoms with van der Waals surface area (Å²) in [6.45, 7) is 0. The summed E-state index contributed by atoms with van der Waals surface area (Å²) < 4.78 is 12.9. The van der Waals surface area contributed by atoms with E-state index in [0.29, 0.717) is 0 Å². The third-order valence-corrected chi connectivity index (χ3v) is 7.24. The molecule has 2 aliphatic heterocycles. The van der Waals surface area contributed by atoms with Crippen LogP contribution in [0.1, 0.15) is 0 Å². The topological polar surface area (TPSA) is 21.7 Å². The van der Waals surface area contributed by atoms with Crippen molar-refractivity contribution >= 4 is 27.8 Å². The Labute approximate surface area is 214 Å². The first-order valence-electron chi connectivity index (χ1n) is 12.4. The Bertz CT molecular complexity index is 1790. The summed E-state index contributed by atoms with van der Waals surface area (Å²) in [6.07, 6.45) is 0. The molecule has 6 aromatic carbocycles. The molecule has 0 N–H and O–H groups in total. The molecular formula is C34H21NO2. The highest BCUT2D eigenvalue weighted by molar-refractivity contribution is 6.14. The second-order valence-corrected chi connectivity index (χ2v) is 9.36. The summed E-state index contributed by atoms with van der Waals surface area (Å²) in [7, 11) is 0. The number of ether oxygens (including phenoxy) is 2. The Balaban J connectivity index is 1.31. The van der Waals surface area contributed by atoms with E-state index in [0.717, 1.165) is 67.5 Å². The van der Waals surface area contributed by atoms with Crippen LogP contribution in [-0.4, -0.2) is 0 Å². The van der Waals surface area contributed by atoms with Crippen molar-refractivity contribution in [3.63, 3.8) is 0 Å². The van der Waals surface area contributed by atoms with E-state index in [-0.39, 0.29) is 0 Å². The first-order chi connectivity index (χ1) is 18.3. The summed E-state index contributed by atoms with van der Waals surface area (Å²) in [4.78, 5) is 2.25. The molecule has 6 aromatic rings. The monoisotopic (exact) mass is 475 g/mol. The van der Waals surface area contributed by atoms with Gasteiger partial charge in [0.2, 0.25) is 0 Å². The van der Waals surface area contributed by atoms with Gasteiger partial charge in [-0.05, 0) is 77.9 Å². The van der Waals surface area contributed by atoms with E-state index in [9.17, 15) is 0 Å². The molecule has 8 rings (SSSR count). The summed E-state index contributed by atoms with van der Waals surface area (Å²) in [5.41, 5.74) is 7.78. The van der Waals surface area contributed by atoms with Crippen LogP contribution >= 0.6 is 0 Å². The van der Waals surface area contributed by atoms with Gasteiger partial charge >= 0.3 is 0 Å². The zero-order chi connectivity index (χ0) is 24.3. The second-order valence-electron chi connectivity index (χ2n) is 9.36. The van der Waals surface area contributed by atoms with Crippen LogP contribution < -0.4 is 14.4 Å². The van der Waals surface area contributed by atoms with Crippen molar-refractivity contribution in [1.29, 1.82) is 0 Å². The fraction of sp³-hybridized carbons (Fsp3) is 0. The van der Waals surface area contributed by atoms with Crippen molar-refractivity contribution in [2.24, 2.45) is 0 Å². The van der Waals surface area contributed by atoms with Crippen molar-refractivity contribution in [1.82, 2.24) is 0 Å². The molecular weight excluding hydrogens is 454 g/mol. The van der Waals surface area contributed by atoms with Crippen molar-refractivity contribution in [2.45, 2.75) is 0 Å². The third kappa shape index (κ3) is 3.01. The number of anilines is 3. The molecule has 0 aromatic heterocycles. The molecule has 0 aliphatic carbocycles. The van der Waals surface area contributed by atoms with Crippen molar-refractivity contribution in [2.75, 3.05) is 4.90 Å². The maximum absolute atomic E-state index is 6.60. The lowest BCUT2D eigenvalue weighted by atomic mass is 9.88. The van der Waals surface area contributed by atoms with Crippen LogP contribution in [0.5, 0.6) is 23.0 Å². The van der Waals surface area contributed by atoms with Gasteiger partial charge < -0.3 is 14.4 Å². The first kappa shape index (κ1) is 20.2. The standard InChI is InChI=1S/C34H21NO2/c1-3-9-22(10-4-1)35(23-11-5-2-6-12-23)24-15-16-26-28-18-19-30-33-27(25-13-7-8-14-29(25)36-30)17-20-31(34(28)33)37-32(26)21-24/h1-21H. The molecule has 2 aliphatic rings. The Hall–Kier alpha value is -5.02. The number of hydrogen-bond acceptors (Lipinski definition) is 3. The van der Waals surface area contributed by atoms with Crippen molar-refractivity contribution in [3.05, 3.63) is 127 Å². The fourth-order valence-electron chi connectivity index (χ4n) is 5.63. The molecule has 2 heterocycles. The highest BCUT2D eigenvalue weighted by Crippen LogP contribution is 2.55. The molecule has 0 spiro atoms. The normalized spacial score (nSPS) is 12.2. The highest BCUT2D eigenvalue weighted by atomic mass is 16.5. The minimum Gasteiger partial charge on any atom is -0.456 e. The summed E-state index contributed by atoms with van der Waals surface area (Å²) in [5.74, 6) is 3.47. The van der Waals surface area contributed by atoms with Gasteiger partial charge in [-0.25, -0.2) is 0 Å². The molecule has 0 amide bonds. The molecule has 37 heavy (non-hydrogen) atoms. The van der Waals surface area contributed by atoms with E-state index in [2.05, 4.69) is 108 Å². The first-order valence-corrected chi connectivity index (χ1v) is 12.4. The Morgan fingerprint density at radius 2 is 0.865 bits per heavy atom. The van der Waals surface area contributed by atoms with Crippen LogP contribution in [-0.2, 0) is 0 Å². The molecule has 3 nitrogen and oxygen atoms in total. The predicted octanol–water partition coefficient (Wildman–Crippen LogP) is 9.85. The van der Waals surface area contributed by atoms with E-state index in [1.54, 1.807) is 0 Å². The lowest BCUT2D eigenvalue weighted by Crippen LogP contribution is -2.10. The smallest absolute Gasteiger partial charge is 0.137 e. The van der Waals surface area contributed by atoms with Gasteiger partial charge in [0.1, 0.15) is 23.0 Å². The van der Waals surface area contributed by atoms with E-state index in [1.165, 1.54) is 5.56 Å². The van der Waals surface area contributed by atoms with Gasteiger partial charge in [-0.2, -0.15) is 0 Å². The third-order valence-electron chi connectivity index (χ3n) is 7.24. The lowest BCUT2D eigenvalue weighted by Gasteiger charge is -2.29. The number of nitrogens with zero attached hydrogens (tertiary/aromatic N) is 1. The van der Waals surface area contributed by atoms with Crippen LogP contribution in [0.2, 0.25) is 0 Å². The van der Waals surface area contributed by atoms with Crippen molar-refractivity contribution < 1.29 is 9.47 Å². The van der Waals surface area contributed by atoms with E-state index in [1.807, 2.05) is 24.3 Å². The quantitative estimate of drug-likeness (QED) is 0.254. The number of para-hydroxylation sites is 3. The average molecular weight is 476 g/mol. The molecule has 0 bridgehead atoms. The molecule has 0 radical (unpaired) electrons. The largest absolute Gasteiger partial charge is 0.456 e. The summed E-state index contributed by atoms with van der Waals surface area (Å²) in [6, 6.07) is 44.1. The van der Waals surface area contributed by atoms with Crippen LogP contribution in [0.3, 0.4) is 0 Å². The van der Waals surface area contributed by atoms with Crippen molar-refractivity contribution in [3.8, 4) is 45.3 Å². The number of fused-ring (bicyclic) bond motifs is 4. The minimum absolute atomic E-state index is 0.849. The predicted molar refractivity (Wildman–Crippen MR) is 150 cm³/mol. The zero-order valence-corrected chi connectivity index (χ0v) is 19.9. The highest BCUT2D eigenvalue weighted by Gasteiger charge is 2.28. The number of benzene rings is 6. The molecule has 0 fully saturated rings. The van der Waals surface area contributed by atoms with Gasteiger partial charge in [0.15, 0.2) is 0 Å². The molecule has 0 atom stereocenters. The second kappa shape index (κ2) is 7.74. The van der Waals surface area contributed by atoms with Gasteiger partial charge in [-0.3, -0.25) is 0 Å².